The molecular formula is C12H11F3N2O3. The van der Waals surface area contributed by atoms with Gasteiger partial charge in [-0.2, -0.15) is 18.4 Å². The van der Waals surface area contributed by atoms with Crippen molar-refractivity contribution < 1.29 is 27.8 Å². The van der Waals surface area contributed by atoms with Crippen molar-refractivity contribution in [3.05, 3.63) is 29.8 Å². The van der Waals surface area contributed by atoms with Crippen LogP contribution in [-0.4, -0.2) is 36.4 Å². The largest absolute Gasteiger partial charge is 0.484 e. The molecule has 2 N–H and O–H groups in total. The monoisotopic (exact) mass is 288 g/mol. The minimum absolute atomic E-state index is 0.301. The highest BCUT2D eigenvalue weighted by Crippen LogP contribution is 2.19. The lowest BCUT2D eigenvalue weighted by atomic mass is 10.2. The quantitative estimate of drug-likeness (QED) is 0.846. The van der Waals surface area contributed by atoms with Gasteiger partial charge >= 0.3 is 6.18 Å². The summed E-state index contributed by atoms with van der Waals surface area (Å²) in [5.41, 5.74) is 0.412. The van der Waals surface area contributed by atoms with Gasteiger partial charge in [0.1, 0.15) is 5.75 Å². The van der Waals surface area contributed by atoms with Gasteiger partial charge in [0.05, 0.1) is 18.2 Å². The predicted octanol–water partition coefficient (Wildman–Crippen LogP) is 0.976. The number of nitrogens with zero attached hydrogens (tertiary/aromatic N) is 1. The Balaban J connectivity index is 2.34. The Bertz CT molecular complexity index is 494. The molecule has 1 amide bonds. The topological polar surface area (TPSA) is 82.3 Å². The summed E-state index contributed by atoms with van der Waals surface area (Å²) in [6.07, 6.45) is -7.39. The van der Waals surface area contributed by atoms with Gasteiger partial charge in [-0.15, -0.1) is 0 Å². The first-order valence-electron chi connectivity index (χ1n) is 5.47. The summed E-state index contributed by atoms with van der Waals surface area (Å²) in [6, 6.07) is 7.75. The molecule has 1 aromatic rings. The number of aliphatic hydroxyl groups is 1. The SMILES string of the molecule is N#Cc1ccc(OCC(=O)NCC(O)C(F)(F)F)cc1. The van der Waals surface area contributed by atoms with E-state index >= 15 is 0 Å². The number of alkyl halides is 3. The molecule has 0 aliphatic rings. The summed E-state index contributed by atoms with van der Waals surface area (Å²) in [4.78, 5) is 11.2. The lowest BCUT2D eigenvalue weighted by Crippen LogP contribution is -2.42. The van der Waals surface area contributed by atoms with Crippen molar-refractivity contribution in [3.63, 3.8) is 0 Å². The van der Waals surface area contributed by atoms with E-state index in [4.69, 9.17) is 15.1 Å². The predicted molar refractivity (Wildman–Crippen MR) is 61.7 cm³/mol. The molecule has 1 unspecified atom stereocenters. The number of amides is 1. The maximum atomic E-state index is 12.0. The van der Waals surface area contributed by atoms with Crippen LogP contribution in [0.5, 0.6) is 5.75 Å². The number of ether oxygens (including phenoxy) is 1. The molecule has 5 nitrogen and oxygen atoms in total. The van der Waals surface area contributed by atoms with E-state index in [0.29, 0.717) is 11.3 Å². The van der Waals surface area contributed by atoms with Gasteiger partial charge in [0, 0.05) is 0 Å². The molecule has 0 aliphatic heterocycles. The molecule has 0 spiro atoms. The molecule has 8 heteroatoms. The molecule has 0 aliphatic carbocycles. The van der Waals surface area contributed by atoms with Crippen LogP contribution in [-0.2, 0) is 4.79 Å². The second-order valence-electron chi connectivity index (χ2n) is 3.79. The molecule has 0 radical (unpaired) electrons. The number of carbonyl (C=O) groups is 1. The van der Waals surface area contributed by atoms with E-state index < -0.39 is 31.3 Å². The highest BCUT2D eigenvalue weighted by molar-refractivity contribution is 5.77. The molecule has 0 saturated carbocycles. The van der Waals surface area contributed by atoms with E-state index in [2.05, 4.69) is 0 Å². The van der Waals surface area contributed by atoms with Crippen molar-refractivity contribution in [1.82, 2.24) is 5.32 Å². The fourth-order valence-corrected chi connectivity index (χ4v) is 1.15. The second kappa shape index (κ2) is 6.77. The Kier molecular flexibility index (Phi) is 5.34. The normalized spacial score (nSPS) is 12.3. The molecule has 0 heterocycles. The molecule has 0 saturated heterocycles. The molecule has 0 aromatic heterocycles. The van der Waals surface area contributed by atoms with E-state index in [-0.39, 0.29) is 0 Å². The zero-order valence-corrected chi connectivity index (χ0v) is 10.1. The first-order chi connectivity index (χ1) is 9.32. The molecule has 0 fully saturated rings. The van der Waals surface area contributed by atoms with Crippen LogP contribution in [0.15, 0.2) is 24.3 Å². The Morgan fingerprint density at radius 1 is 1.40 bits per heavy atom. The molecule has 1 aromatic carbocycles. The lowest BCUT2D eigenvalue weighted by Gasteiger charge is -2.15. The number of benzene rings is 1. The molecule has 108 valence electrons. The van der Waals surface area contributed by atoms with Crippen LogP contribution >= 0.6 is 0 Å². The molecule has 1 atom stereocenters. The first kappa shape index (κ1) is 15.8. The van der Waals surface area contributed by atoms with Gasteiger partial charge in [0.15, 0.2) is 12.7 Å². The molecule has 1 rings (SSSR count). The zero-order chi connectivity index (χ0) is 15.2. The van der Waals surface area contributed by atoms with Crippen LogP contribution in [0.25, 0.3) is 0 Å². The number of aliphatic hydroxyl groups excluding tert-OH is 1. The third-order valence-corrected chi connectivity index (χ3v) is 2.22. The van der Waals surface area contributed by atoms with E-state index in [1.54, 1.807) is 0 Å². The number of nitriles is 1. The van der Waals surface area contributed by atoms with Gasteiger partial charge in [-0.1, -0.05) is 0 Å². The van der Waals surface area contributed by atoms with Crippen LogP contribution < -0.4 is 10.1 Å². The Morgan fingerprint density at radius 2 is 2.00 bits per heavy atom. The average Bonchev–Trinajstić information content (AvgIpc) is 2.41. The van der Waals surface area contributed by atoms with Crippen molar-refractivity contribution >= 4 is 5.91 Å². The van der Waals surface area contributed by atoms with E-state index in [1.807, 2.05) is 11.4 Å². The third kappa shape index (κ3) is 5.16. The fourth-order valence-electron chi connectivity index (χ4n) is 1.15. The fraction of sp³-hybridized carbons (Fsp3) is 0.333. The molecular weight excluding hydrogens is 277 g/mol. The maximum Gasteiger partial charge on any atom is 0.416 e. The van der Waals surface area contributed by atoms with Crippen LogP contribution in [0.2, 0.25) is 0 Å². The summed E-state index contributed by atoms with van der Waals surface area (Å²) in [5.74, 6) is -0.492. The minimum Gasteiger partial charge on any atom is -0.484 e. The van der Waals surface area contributed by atoms with E-state index in [9.17, 15) is 18.0 Å². The van der Waals surface area contributed by atoms with Gasteiger partial charge < -0.3 is 15.2 Å². The zero-order valence-electron chi connectivity index (χ0n) is 10.1. The number of rotatable bonds is 5. The second-order valence-corrected chi connectivity index (χ2v) is 3.79. The Morgan fingerprint density at radius 3 is 2.50 bits per heavy atom. The van der Waals surface area contributed by atoms with Gasteiger partial charge in [0.25, 0.3) is 5.91 Å². The highest BCUT2D eigenvalue weighted by Gasteiger charge is 2.38. The third-order valence-electron chi connectivity index (χ3n) is 2.22. The number of halogens is 3. The van der Waals surface area contributed by atoms with Crippen molar-refractivity contribution in [2.45, 2.75) is 12.3 Å². The minimum atomic E-state index is -4.78. The summed E-state index contributed by atoms with van der Waals surface area (Å²) in [7, 11) is 0. The Labute approximate surface area is 112 Å². The lowest BCUT2D eigenvalue weighted by molar-refractivity contribution is -0.201. The van der Waals surface area contributed by atoms with Crippen molar-refractivity contribution in [2.75, 3.05) is 13.2 Å². The number of hydrogen-bond acceptors (Lipinski definition) is 4. The summed E-state index contributed by atoms with van der Waals surface area (Å²) in [6.45, 7) is -1.42. The molecule has 0 bridgehead atoms. The number of hydrogen-bond donors (Lipinski definition) is 2. The van der Waals surface area contributed by atoms with Crippen molar-refractivity contribution in [3.8, 4) is 11.8 Å². The van der Waals surface area contributed by atoms with Gasteiger partial charge in [-0.05, 0) is 24.3 Å². The van der Waals surface area contributed by atoms with Crippen LogP contribution in [0.1, 0.15) is 5.56 Å². The smallest absolute Gasteiger partial charge is 0.416 e. The van der Waals surface area contributed by atoms with E-state index in [1.165, 1.54) is 24.3 Å². The number of nitrogens with one attached hydrogen (secondary N) is 1. The van der Waals surface area contributed by atoms with Crippen LogP contribution in [0, 0.1) is 11.3 Å². The van der Waals surface area contributed by atoms with Crippen molar-refractivity contribution in [1.29, 1.82) is 5.26 Å². The van der Waals surface area contributed by atoms with Gasteiger partial charge in [-0.25, -0.2) is 0 Å². The van der Waals surface area contributed by atoms with Gasteiger partial charge in [-0.3, -0.25) is 4.79 Å². The summed E-state index contributed by atoms with van der Waals surface area (Å²) < 4.78 is 40.9. The maximum absolute atomic E-state index is 12.0. The standard InChI is InChI=1S/C12H11F3N2O3/c13-12(14,15)10(18)6-17-11(19)7-20-9-3-1-8(5-16)2-4-9/h1-4,10,18H,6-7H2,(H,17,19). The number of carbonyl (C=O) groups excluding carboxylic acids is 1. The van der Waals surface area contributed by atoms with Crippen LogP contribution in [0.4, 0.5) is 13.2 Å². The van der Waals surface area contributed by atoms with Crippen molar-refractivity contribution in [2.24, 2.45) is 0 Å². The average molecular weight is 288 g/mol. The molecule has 20 heavy (non-hydrogen) atoms. The first-order valence-corrected chi connectivity index (χ1v) is 5.47. The summed E-state index contributed by atoms with van der Waals surface area (Å²) in [5, 5.41) is 19.1. The van der Waals surface area contributed by atoms with Crippen LogP contribution in [0.3, 0.4) is 0 Å². The van der Waals surface area contributed by atoms with Gasteiger partial charge in [0.2, 0.25) is 0 Å². The summed E-state index contributed by atoms with van der Waals surface area (Å²) >= 11 is 0. The highest BCUT2D eigenvalue weighted by atomic mass is 19.4. The Hall–Kier alpha value is -2.27. The van der Waals surface area contributed by atoms with E-state index in [0.717, 1.165) is 0 Å².